The first-order chi connectivity index (χ1) is 5.79. The van der Waals surface area contributed by atoms with Gasteiger partial charge in [-0.05, 0) is 12.8 Å². The molecule has 0 saturated heterocycles. The molecule has 0 bridgehead atoms. The molecule has 1 rings (SSSR count). The van der Waals surface area contributed by atoms with E-state index in [1.54, 1.807) is 0 Å². The van der Waals surface area contributed by atoms with Gasteiger partial charge in [-0.25, -0.2) is 0 Å². The zero-order chi connectivity index (χ0) is 8.97. The third kappa shape index (κ3) is 1.78. The largest absolute Gasteiger partial charge is 0.382 e. The molecule has 0 amide bonds. The summed E-state index contributed by atoms with van der Waals surface area (Å²) in [6.45, 7) is 4.31. The number of H-pyrrole nitrogens is 1. The van der Waals surface area contributed by atoms with Gasteiger partial charge in [0.2, 0.25) is 0 Å². The molecule has 12 heavy (non-hydrogen) atoms. The lowest BCUT2D eigenvalue weighted by atomic mass is 10.1. The molecule has 3 N–H and O–H groups in total. The lowest BCUT2D eigenvalue weighted by Gasteiger charge is -1.99. The molecule has 0 spiro atoms. The van der Waals surface area contributed by atoms with Crippen LogP contribution in [0.4, 0.5) is 5.82 Å². The fourth-order valence-corrected chi connectivity index (χ4v) is 1.40. The minimum Gasteiger partial charge on any atom is -0.382 e. The van der Waals surface area contributed by atoms with Gasteiger partial charge in [-0.15, -0.1) is 0 Å². The Bertz CT molecular complexity index is 240. The normalized spacial score (nSPS) is 10.5. The summed E-state index contributed by atoms with van der Waals surface area (Å²) in [7, 11) is 0. The Hall–Kier alpha value is -0.990. The van der Waals surface area contributed by atoms with Crippen LogP contribution in [0.25, 0.3) is 0 Å². The smallest absolute Gasteiger partial charge is 0.148 e. The highest BCUT2D eigenvalue weighted by Crippen LogP contribution is 2.16. The molecule has 1 aromatic heterocycles. The van der Waals surface area contributed by atoms with Crippen molar-refractivity contribution in [1.29, 1.82) is 0 Å². The molecule has 3 heteroatoms. The number of anilines is 1. The molecule has 0 fully saturated rings. The molecule has 0 aromatic carbocycles. The minimum atomic E-state index is 0.681. The lowest BCUT2D eigenvalue weighted by molar-refractivity contribution is 0.836. The average Bonchev–Trinajstić information content (AvgIpc) is 2.37. The highest BCUT2D eigenvalue weighted by atomic mass is 15.2. The van der Waals surface area contributed by atoms with Gasteiger partial charge in [-0.2, -0.15) is 5.10 Å². The monoisotopic (exact) mass is 167 g/mol. The summed E-state index contributed by atoms with van der Waals surface area (Å²) in [5, 5.41) is 6.99. The van der Waals surface area contributed by atoms with E-state index in [1.165, 1.54) is 11.3 Å². The zero-order valence-corrected chi connectivity index (χ0v) is 7.85. The van der Waals surface area contributed by atoms with Crippen LogP contribution in [0.15, 0.2) is 0 Å². The summed E-state index contributed by atoms with van der Waals surface area (Å²) in [6, 6.07) is 0. The van der Waals surface area contributed by atoms with Crippen molar-refractivity contribution in [3.8, 4) is 0 Å². The second kappa shape index (κ2) is 4.14. The second-order valence-electron chi connectivity index (χ2n) is 3.07. The molecule has 3 nitrogen and oxygen atoms in total. The maximum absolute atomic E-state index is 5.72. The Kier molecular flexibility index (Phi) is 3.14. The van der Waals surface area contributed by atoms with Gasteiger partial charge >= 0.3 is 0 Å². The molecular weight excluding hydrogens is 150 g/mol. The van der Waals surface area contributed by atoms with Crippen LogP contribution in [0.1, 0.15) is 37.9 Å². The van der Waals surface area contributed by atoms with Gasteiger partial charge in [0.25, 0.3) is 0 Å². The molecule has 0 aliphatic rings. The molecule has 0 atom stereocenters. The van der Waals surface area contributed by atoms with Crippen molar-refractivity contribution in [3.63, 3.8) is 0 Å². The van der Waals surface area contributed by atoms with Gasteiger partial charge in [-0.1, -0.05) is 26.7 Å². The van der Waals surface area contributed by atoms with Crippen LogP contribution in [-0.2, 0) is 12.8 Å². The number of nitrogens with zero attached hydrogens (tertiary/aromatic N) is 1. The Balaban J connectivity index is 2.80. The standard InChI is InChI=1S/C9H17N3/c1-3-5-7-8(6-4-2)11-12-9(7)10/h3-6H2,1-2H3,(H3,10,11,12). The number of aryl methyl sites for hydroxylation is 1. The molecule has 0 aliphatic carbocycles. The number of nitrogens with two attached hydrogens (primary N) is 1. The van der Waals surface area contributed by atoms with Gasteiger partial charge < -0.3 is 5.73 Å². The fourth-order valence-electron chi connectivity index (χ4n) is 1.40. The summed E-state index contributed by atoms with van der Waals surface area (Å²) in [5.74, 6) is 0.681. The molecule has 0 unspecified atom stereocenters. The first-order valence-electron chi connectivity index (χ1n) is 4.61. The van der Waals surface area contributed by atoms with Gasteiger partial charge in [0.15, 0.2) is 0 Å². The van der Waals surface area contributed by atoms with Gasteiger partial charge in [0.05, 0.1) is 0 Å². The first-order valence-corrected chi connectivity index (χ1v) is 4.61. The minimum absolute atomic E-state index is 0.681. The van der Waals surface area contributed by atoms with Crippen molar-refractivity contribution in [2.75, 3.05) is 5.73 Å². The maximum Gasteiger partial charge on any atom is 0.148 e. The Morgan fingerprint density at radius 1 is 1.25 bits per heavy atom. The summed E-state index contributed by atoms with van der Waals surface area (Å²) in [4.78, 5) is 0. The van der Waals surface area contributed by atoms with Crippen molar-refractivity contribution in [2.45, 2.75) is 39.5 Å². The van der Waals surface area contributed by atoms with Crippen LogP contribution in [0.2, 0.25) is 0 Å². The zero-order valence-electron chi connectivity index (χ0n) is 7.85. The van der Waals surface area contributed by atoms with Gasteiger partial charge in [0.1, 0.15) is 5.82 Å². The molecule has 1 heterocycles. The predicted octanol–water partition coefficient (Wildman–Crippen LogP) is 1.90. The quantitative estimate of drug-likeness (QED) is 0.719. The average molecular weight is 167 g/mol. The summed E-state index contributed by atoms with van der Waals surface area (Å²) < 4.78 is 0. The van der Waals surface area contributed by atoms with Gasteiger partial charge in [-0.3, -0.25) is 5.10 Å². The van der Waals surface area contributed by atoms with Crippen molar-refractivity contribution in [2.24, 2.45) is 0 Å². The highest BCUT2D eigenvalue weighted by Gasteiger charge is 2.07. The van der Waals surface area contributed by atoms with E-state index in [9.17, 15) is 0 Å². The van der Waals surface area contributed by atoms with Crippen molar-refractivity contribution in [3.05, 3.63) is 11.3 Å². The van der Waals surface area contributed by atoms with Crippen LogP contribution in [-0.4, -0.2) is 10.2 Å². The third-order valence-corrected chi connectivity index (χ3v) is 1.98. The number of nitrogens with one attached hydrogen (secondary N) is 1. The molecule has 0 saturated carbocycles. The fraction of sp³-hybridized carbons (Fsp3) is 0.667. The number of aromatic amines is 1. The Labute approximate surface area is 73.4 Å². The van der Waals surface area contributed by atoms with Crippen molar-refractivity contribution >= 4 is 5.82 Å². The highest BCUT2D eigenvalue weighted by molar-refractivity contribution is 5.42. The molecule has 0 radical (unpaired) electrons. The molecule has 1 aromatic rings. The van der Waals surface area contributed by atoms with Crippen molar-refractivity contribution in [1.82, 2.24) is 10.2 Å². The number of hydrogen-bond donors (Lipinski definition) is 2. The predicted molar refractivity (Wildman–Crippen MR) is 51.0 cm³/mol. The molecule has 68 valence electrons. The number of rotatable bonds is 4. The van der Waals surface area contributed by atoms with E-state index < -0.39 is 0 Å². The number of nitrogen functional groups attached to an aromatic ring is 1. The van der Waals surface area contributed by atoms with Gasteiger partial charge in [0, 0.05) is 11.3 Å². The van der Waals surface area contributed by atoms with E-state index in [0.717, 1.165) is 25.7 Å². The van der Waals surface area contributed by atoms with E-state index in [0.29, 0.717) is 5.82 Å². The number of hydrogen-bond acceptors (Lipinski definition) is 2. The van der Waals surface area contributed by atoms with E-state index in [2.05, 4.69) is 24.0 Å². The SMILES string of the molecule is CCCc1[nH]nc(N)c1CCC. The summed E-state index contributed by atoms with van der Waals surface area (Å²) >= 11 is 0. The van der Waals surface area contributed by atoms with Crippen LogP contribution < -0.4 is 5.73 Å². The first kappa shape index (κ1) is 9.10. The van der Waals surface area contributed by atoms with Crippen LogP contribution in [0.3, 0.4) is 0 Å². The molecular formula is C9H17N3. The van der Waals surface area contributed by atoms with Crippen LogP contribution in [0, 0.1) is 0 Å². The van der Waals surface area contributed by atoms with E-state index in [4.69, 9.17) is 5.73 Å². The summed E-state index contributed by atoms with van der Waals surface area (Å²) in [6.07, 6.45) is 4.36. The van der Waals surface area contributed by atoms with Crippen LogP contribution in [0.5, 0.6) is 0 Å². The van der Waals surface area contributed by atoms with Crippen molar-refractivity contribution < 1.29 is 0 Å². The lowest BCUT2D eigenvalue weighted by Crippen LogP contribution is -1.94. The second-order valence-corrected chi connectivity index (χ2v) is 3.07. The van der Waals surface area contributed by atoms with Crippen LogP contribution >= 0.6 is 0 Å². The Morgan fingerprint density at radius 3 is 2.50 bits per heavy atom. The van der Waals surface area contributed by atoms with E-state index in [1.807, 2.05) is 0 Å². The summed E-state index contributed by atoms with van der Waals surface area (Å²) in [5.41, 5.74) is 8.16. The number of aromatic nitrogens is 2. The van der Waals surface area contributed by atoms with E-state index in [-0.39, 0.29) is 0 Å². The Morgan fingerprint density at radius 2 is 1.92 bits per heavy atom. The topological polar surface area (TPSA) is 54.7 Å². The maximum atomic E-state index is 5.72. The third-order valence-electron chi connectivity index (χ3n) is 1.98. The molecule has 0 aliphatic heterocycles. The van der Waals surface area contributed by atoms with E-state index >= 15 is 0 Å².